The van der Waals surface area contributed by atoms with Crippen molar-refractivity contribution in [1.29, 1.82) is 0 Å². The van der Waals surface area contributed by atoms with Gasteiger partial charge >= 0.3 is 0 Å². The fourth-order valence-corrected chi connectivity index (χ4v) is 4.07. The second kappa shape index (κ2) is 5.56. The average Bonchev–Trinajstić information content (AvgIpc) is 2.44. The van der Waals surface area contributed by atoms with Gasteiger partial charge in [0.05, 0.1) is 0 Å². The molecule has 2 rings (SSSR count). The van der Waals surface area contributed by atoms with Crippen LogP contribution in [0, 0.1) is 17.3 Å². The molecule has 0 saturated heterocycles. The van der Waals surface area contributed by atoms with E-state index in [1.54, 1.807) is 6.42 Å². The standard InChI is InChI=1S/C16H30/c1-14-7-6-8-15(10-9-14)13-16(2)11-4-3-5-12-16/h14-15H,3-13H2,1-2H3. The van der Waals surface area contributed by atoms with Crippen molar-refractivity contribution in [2.45, 2.75) is 84.5 Å². The van der Waals surface area contributed by atoms with Crippen LogP contribution >= 0.6 is 0 Å². The van der Waals surface area contributed by atoms with E-state index in [2.05, 4.69) is 13.8 Å². The Morgan fingerprint density at radius 1 is 0.875 bits per heavy atom. The minimum Gasteiger partial charge on any atom is -0.0625 e. The molecule has 2 saturated carbocycles. The fourth-order valence-electron chi connectivity index (χ4n) is 4.07. The van der Waals surface area contributed by atoms with Gasteiger partial charge in [-0.2, -0.15) is 0 Å². The summed E-state index contributed by atoms with van der Waals surface area (Å²) in [6.45, 7) is 5.02. The highest BCUT2D eigenvalue weighted by atomic mass is 14.4. The molecule has 0 aromatic carbocycles. The average molecular weight is 222 g/mol. The highest BCUT2D eigenvalue weighted by Crippen LogP contribution is 2.43. The van der Waals surface area contributed by atoms with Gasteiger partial charge < -0.3 is 0 Å². The van der Waals surface area contributed by atoms with E-state index in [1.807, 2.05) is 0 Å². The summed E-state index contributed by atoms with van der Waals surface area (Å²) in [5.74, 6) is 2.07. The molecule has 0 heteroatoms. The van der Waals surface area contributed by atoms with Crippen molar-refractivity contribution >= 4 is 0 Å². The van der Waals surface area contributed by atoms with Gasteiger partial charge in [0, 0.05) is 0 Å². The van der Waals surface area contributed by atoms with Crippen molar-refractivity contribution in [1.82, 2.24) is 0 Å². The second-order valence-corrected chi connectivity index (χ2v) is 7.05. The monoisotopic (exact) mass is 222 g/mol. The summed E-state index contributed by atoms with van der Waals surface area (Å²) in [5, 5.41) is 0. The molecular formula is C16H30. The summed E-state index contributed by atoms with van der Waals surface area (Å²) < 4.78 is 0. The van der Waals surface area contributed by atoms with Gasteiger partial charge in [0.25, 0.3) is 0 Å². The predicted octanol–water partition coefficient (Wildman–Crippen LogP) is 5.56. The lowest BCUT2D eigenvalue weighted by molar-refractivity contribution is 0.157. The normalized spacial score (nSPS) is 35.6. The van der Waals surface area contributed by atoms with Crippen molar-refractivity contribution in [3.05, 3.63) is 0 Å². The zero-order chi connectivity index (χ0) is 11.4. The first kappa shape index (κ1) is 12.5. The molecular weight excluding hydrogens is 192 g/mol. The Bertz CT molecular complexity index is 200. The van der Waals surface area contributed by atoms with E-state index < -0.39 is 0 Å². The van der Waals surface area contributed by atoms with Gasteiger partial charge in [0.15, 0.2) is 0 Å². The van der Waals surface area contributed by atoms with Crippen LogP contribution < -0.4 is 0 Å². The zero-order valence-corrected chi connectivity index (χ0v) is 11.4. The Morgan fingerprint density at radius 2 is 1.62 bits per heavy atom. The Balaban J connectivity index is 1.83. The maximum atomic E-state index is 2.57. The molecule has 0 nitrogen and oxygen atoms in total. The minimum absolute atomic E-state index is 0.719. The van der Waals surface area contributed by atoms with Crippen LogP contribution in [0.3, 0.4) is 0 Å². The summed E-state index contributed by atoms with van der Waals surface area (Å²) in [4.78, 5) is 0. The largest absolute Gasteiger partial charge is 0.0625 e. The number of hydrogen-bond acceptors (Lipinski definition) is 0. The molecule has 0 aliphatic heterocycles. The van der Waals surface area contributed by atoms with Crippen LogP contribution in [-0.2, 0) is 0 Å². The van der Waals surface area contributed by atoms with Crippen LogP contribution in [-0.4, -0.2) is 0 Å². The molecule has 0 N–H and O–H groups in total. The van der Waals surface area contributed by atoms with Crippen LogP contribution in [0.15, 0.2) is 0 Å². The molecule has 2 fully saturated rings. The molecule has 0 aromatic heterocycles. The lowest BCUT2D eigenvalue weighted by atomic mass is 9.69. The first-order valence-corrected chi connectivity index (χ1v) is 7.68. The SMILES string of the molecule is CC1CCCC(CC2(C)CCCCC2)CC1. The fraction of sp³-hybridized carbons (Fsp3) is 1.00. The molecule has 16 heavy (non-hydrogen) atoms. The minimum atomic E-state index is 0.719. The van der Waals surface area contributed by atoms with Gasteiger partial charge in [0.1, 0.15) is 0 Å². The quantitative estimate of drug-likeness (QED) is 0.536. The molecule has 0 amide bonds. The molecule has 2 unspecified atom stereocenters. The lowest BCUT2D eigenvalue weighted by Crippen LogP contribution is -2.23. The topological polar surface area (TPSA) is 0 Å². The molecule has 94 valence electrons. The molecule has 0 radical (unpaired) electrons. The van der Waals surface area contributed by atoms with E-state index in [0.717, 1.165) is 17.3 Å². The predicted molar refractivity (Wildman–Crippen MR) is 71.5 cm³/mol. The Labute approximate surface area is 102 Å². The molecule has 2 aliphatic carbocycles. The third-order valence-corrected chi connectivity index (χ3v) is 5.22. The number of hydrogen-bond donors (Lipinski definition) is 0. The Kier molecular flexibility index (Phi) is 4.33. The highest BCUT2D eigenvalue weighted by Gasteiger charge is 2.30. The third kappa shape index (κ3) is 3.50. The molecule has 2 aliphatic rings. The van der Waals surface area contributed by atoms with Gasteiger partial charge in [-0.05, 0) is 36.5 Å². The first-order chi connectivity index (χ1) is 7.68. The van der Waals surface area contributed by atoms with Crippen molar-refractivity contribution in [3.63, 3.8) is 0 Å². The third-order valence-electron chi connectivity index (χ3n) is 5.22. The van der Waals surface area contributed by atoms with E-state index in [4.69, 9.17) is 0 Å². The van der Waals surface area contributed by atoms with E-state index in [9.17, 15) is 0 Å². The van der Waals surface area contributed by atoms with E-state index in [0.29, 0.717) is 0 Å². The summed E-state index contributed by atoms with van der Waals surface area (Å²) >= 11 is 0. The zero-order valence-electron chi connectivity index (χ0n) is 11.4. The first-order valence-electron chi connectivity index (χ1n) is 7.68. The summed E-state index contributed by atoms with van der Waals surface area (Å²) in [6.07, 6.45) is 16.6. The van der Waals surface area contributed by atoms with Crippen molar-refractivity contribution < 1.29 is 0 Å². The van der Waals surface area contributed by atoms with Gasteiger partial charge in [-0.15, -0.1) is 0 Å². The van der Waals surface area contributed by atoms with Crippen LogP contribution in [0.5, 0.6) is 0 Å². The van der Waals surface area contributed by atoms with Crippen molar-refractivity contribution in [2.75, 3.05) is 0 Å². The van der Waals surface area contributed by atoms with Crippen LogP contribution in [0.2, 0.25) is 0 Å². The van der Waals surface area contributed by atoms with Crippen molar-refractivity contribution in [3.8, 4) is 0 Å². The second-order valence-electron chi connectivity index (χ2n) is 7.05. The highest BCUT2D eigenvalue weighted by molar-refractivity contribution is 4.82. The molecule has 0 heterocycles. The lowest BCUT2D eigenvalue weighted by Gasteiger charge is -2.36. The summed E-state index contributed by atoms with van der Waals surface area (Å²) in [7, 11) is 0. The maximum absolute atomic E-state index is 2.57. The van der Waals surface area contributed by atoms with Crippen LogP contribution in [0.1, 0.15) is 84.5 Å². The van der Waals surface area contributed by atoms with Gasteiger partial charge in [0.2, 0.25) is 0 Å². The van der Waals surface area contributed by atoms with E-state index in [1.165, 1.54) is 64.2 Å². The van der Waals surface area contributed by atoms with E-state index in [-0.39, 0.29) is 0 Å². The molecule has 2 atom stereocenters. The summed E-state index contributed by atoms with van der Waals surface area (Å²) in [6, 6.07) is 0. The van der Waals surface area contributed by atoms with Crippen LogP contribution in [0.25, 0.3) is 0 Å². The van der Waals surface area contributed by atoms with Gasteiger partial charge in [-0.1, -0.05) is 65.2 Å². The Hall–Kier alpha value is 0. The maximum Gasteiger partial charge on any atom is -0.0323 e. The van der Waals surface area contributed by atoms with Crippen molar-refractivity contribution in [2.24, 2.45) is 17.3 Å². The number of rotatable bonds is 2. The van der Waals surface area contributed by atoms with E-state index >= 15 is 0 Å². The van der Waals surface area contributed by atoms with Gasteiger partial charge in [-0.25, -0.2) is 0 Å². The molecule has 0 spiro atoms. The van der Waals surface area contributed by atoms with Gasteiger partial charge in [-0.3, -0.25) is 0 Å². The summed E-state index contributed by atoms with van der Waals surface area (Å²) in [5.41, 5.74) is 0.719. The molecule has 0 aromatic rings. The Morgan fingerprint density at radius 3 is 2.38 bits per heavy atom. The molecule has 0 bridgehead atoms. The van der Waals surface area contributed by atoms with Crippen LogP contribution in [0.4, 0.5) is 0 Å². The smallest absolute Gasteiger partial charge is 0.0323 e.